The van der Waals surface area contributed by atoms with Gasteiger partial charge in [0.15, 0.2) is 0 Å². The van der Waals surface area contributed by atoms with Gasteiger partial charge in [0.2, 0.25) is 0 Å². The molecule has 0 aliphatic carbocycles. The molecule has 0 aliphatic heterocycles. The molecule has 4 heteroatoms. The largest absolute Gasteiger partial charge is 1.00 e. The van der Waals surface area contributed by atoms with E-state index in [0.29, 0.717) is 12.8 Å². The summed E-state index contributed by atoms with van der Waals surface area (Å²) < 4.78 is 0. The fourth-order valence-corrected chi connectivity index (χ4v) is 0.381. The van der Waals surface area contributed by atoms with Gasteiger partial charge in [0.1, 0.15) is 0 Å². The molecule has 0 amide bonds. The number of carboxylic acids is 1. The average molecular weight is 250 g/mol. The van der Waals surface area contributed by atoms with Crippen molar-refractivity contribution >= 4 is 5.97 Å². The van der Waals surface area contributed by atoms with Crippen LogP contribution in [0.3, 0.4) is 0 Å². The van der Waals surface area contributed by atoms with Crippen LogP contribution in [0, 0.1) is 0 Å². The Bertz CT molecular complexity index is 74.6. The molecule has 0 spiro atoms. The van der Waals surface area contributed by atoms with Crippen LogP contribution in [-0.4, -0.2) is 17.7 Å². The second-order valence-corrected chi connectivity index (χ2v) is 1.55. The van der Waals surface area contributed by atoms with Crippen LogP contribution in [-0.2, 0) is 4.79 Å². The molecule has 0 aromatic rings. The first kappa shape index (κ1) is 13.1. The SMILES string of the molecule is O=C([O-])CCCCO.[Cs+]. The number of carbonyl (C=O) groups is 1. The Hall–Kier alpha value is 1.48. The Morgan fingerprint density at radius 2 is 2.00 bits per heavy atom. The van der Waals surface area contributed by atoms with Crippen molar-refractivity contribution in [3.8, 4) is 0 Å². The first-order chi connectivity index (χ1) is 3.77. The van der Waals surface area contributed by atoms with Gasteiger partial charge in [-0.2, -0.15) is 0 Å². The Balaban J connectivity index is 0. The van der Waals surface area contributed by atoms with E-state index in [1.54, 1.807) is 0 Å². The number of aliphatic hydroxyl groups excluding tert-OH is 1. The summed E-state index contributed by atoms with van der Waals surface area (Å²) in [5.41, 5.74) is 0. The fourth-order valence-electron chi connectivity index (χ4n) is 0.381. The van der Waals surface area contributed by atoms with Crippen LogP contribution in [0.25, 0.3) is 0 Å². The van der Waals surface area contributed by atoms with Crippen LogP contribution in [0.5, 0.6) is 0 Å². The van der Waals surface area contributed by atoms with Crippen molar-refractivity contribution in [2.45, 2.75) is 19.3 Å². The van der Waals surface area contributed by atoms with Gasteiger partial charge >= 0.3 is 68.9 Å². The summed E-state index contributed by atoms with van der Waals surface area (Å²) in [7, 11) is 0. The van der Waals surface area contributed by atoms with Crippen molar-refractivity contribution in [3.63, 3.8) is 0 Å². The van der Waals surface area contributed by atoms with E-state index in [9.17, 15) is 9.90 Å². The molecule has 0 aromatic heterocycles. The summed E-state index contributed by atoms with van der Waals surface area (Å²) in [6.45, 7) is 0.0628. The summed E-state index contributed by atoms with van der Waals surface area (Å²) in [5, 5.41) is 17.8. The predicted molar refractivity (Wildman–Crippen MR) is 25.9 cm³/mol. The minimum absolute atomic E-state index is 0. The van der Waals surface area contributed by atoms with E-state index in [2.05, 4.69) is 0 Å². The number of hydrogen-bond donors (Lipinski definition) is 1. The van der Waals surface area contributed by atoms with Crippen molar-refractivity contribution in [1.82, 2.24) is 0 Å². The quantitative estimate of drug-likeness (QED) is 0.516. The van der Waals surface area contributed by atoms with E-state index in [1.165, 1.54) is 0 Å². The molecule has 0 unspecified atom stereocenters. The van der Waals surface area contributed by atoms with Gasteiger partial charge in [-0.05, 0) is 19.3 Å². The first-order valence-electron chi connectivity index (χ1n) is 2.58. The number of carboxylic acid groups (broad SMARTS) is 1. The molecule has 0 rings (SSSR count). The molecule has 0 bridgehead atoms. The number of rotatable bonds is 4. The van der Waals surface area contributed by atoms with E-state index in [-0.39, 0.29) is 81.9 Å². The fraction of sp³-hybridized carbons (Fsp3) is 0.800. The van der Waals surface area contributed by atoms with Crippen molar-refractivity contribution in [3.05, 3.63) is 0 Å². The molecule has 48 valence electrons. The van der Waals surface area contributed by atoms with Crippen LogP contribution >= 0.6 is 0 Å². The van der Waals surface area contributed by atoms with Gasteiger partial charge in [-0.15, -0.1) is 0 Å². The average Bonchev–Trinajstić information content (AvgIpc) is 1.66. The molecule has 0 saturated carbocycles. The number of aliphatic hydroxyl groups is 1. The molecule has 0 saturated heterocycles. The van der Waals surface area contributed by atoms with Crippen LogP contribution < -0.4 is 74.0 Å². The molecule has 0 heterocycles. The summed E-state index contributed by atoms with van der Waals surface area (Å²) in [5.74, 6) is -1.04. The minimum atomic E-state index is -1.04. The van der Waals surface area contributed by atoms with Crippen LogP contribution in [0.1, 0.15) is 19.3 Å². The van der Waals surface area contributed by atoms with Crippen LogP contribution in [0.2, 0.25) is 0 Å². The summed E-state index contributed by atoms with van der Waals surface area (Å²) in [6, 6.07) is 0. The zero-order valence-electron chi connectivity index (χ0n) is 5.59. The molecule has 1 N–H and O–H groups in total. The summed E-state index contributed by atoms with van der Waals surface area (Å²) in [6.07, 6.45) is 1.12. The maximum absolute atomic E-state index is 9.68. The third kappa shape index (κ3) is 12.6. The maximum atomic E-state index is 9.68. The van der Waals surface area contributed by atoms with Gasteiger partial charge in [0.05, 0.1) is 0 Å². The topological polar surface area (TPSA) is 60.4 Å². The second-order valence-electron chi connectivity index (χ2n) is 1.55. The van der Waals surface area contributed by atoms with E-state index in [0.717, 1.165) is 0 Å². The van der Waals surface area contributed by atoms with E-state index >= 15 is 0 Å². The van der Waals surface area contributed by atoms with Crippen LogP contribution in [0.15, 0.2) is 0 Å². The second kappa shape index (κ2) is 9.48. The Labute approximate surface area is 113 Å². The molecule has 0 aliphatic rings. The van der Waals surface area contributed by atoms with Gasteiger partial charge in [-0.1, -0.05) is 0 Å². The van der Waals surface area contributed by atoms with Gasteiger partial charge in [0.25, 0.3) is 0 Å². The molecule has 0 aromatic carbocycles. The predicted octanol–water partition coefficient (Wildman–Crippen LogP) is -4.10. The molecular weight excluding hydrogens is 241 g/mol. The van der Waals surface area contributed by atoms with Crippen molar-refractivity contribution < 1.29 is 83.9 Å². The third-order valence-electron chi connectivity index (χ3n) is 0.789. The van der Waals surface area contributed by atoms with Gasteiger partial charge in [0, 0.05) is 12.6 Å². The first-order valence-corrected chi connectivity index (χ1v) is 2.58. The Morgan fingerprint density at radius 3 is 2.33 bits per heavy atom. The third-order valence-corrected chi connectivity index (χ3v) is 0.789. The molecule has 0 radical (unpaired) electrons. The molecule has 9 heavy (non-hydrogen) atoms. The van der Waals surface area contributed by atoms with E-state index < -0.39 is 5.97 Å². The maximum Gasteiger partial charge on any atom is 1.00 e. The zero-order valence-corrected chi connectivity index (χ0v) is 11.9. The standard InChI is InChI=1S/C5H10O3.Cs/c6-4-2-1-3-5(7)8;/h6H,1-4H2,(H,7,8);/q;+1/p-1. The van der Waals surface area contributed by atoms with Crippen molar-refractivity contribution in [1.29, 1.82) is 0 Å². The molecule has 0 atom stereocenters. The minimum Gasteiger partial charge on any atom is -0.550 e. The summed E-state index contributed by atoms with van der Waals surface area (Å²) in [4.78, 5) is 9.68. The van der Waals surface area contributed by atoms with Crippen molar-refractivity contribution in [2.24, 2.45) is 0 Å². The van der Waals surface area contributed by atoms with Gasteiger partial charge in [-0.3, -0.25) is 0 Å². The van der Waals surface area contributed by atoms with E-state index in [1.807, 2.05) is 0 Å². The van der Waals surface area contributed by atoms with Crippen LogP contribution in [0.4, 0.5) is 0 Å². The van der Waals surface area contributed by atoms with E-state index in [4.69, 9.17) is 5.11 Å². The molecule has 0 fully saturated rings. The monoisotopic (exact) mass is 250 g/mol. The molecule has 3 nitrogen and oxygen atoms in total. The smallest absolute Gasteiger partial charge is 0.550 e. The Kier molecular flexibility index (Phi) is 13.8. The van der Waals surface area contributed by atoms with Gasteiger partial charge < -0.3 is 15.0 Å². The summed E-state index contributed by atoms with van der Waals surface area (Å²) >= 11 is 0. The number of hydrogen-bond acceptors (Lipinski definition) is 3. The normalized spacial score (nSPS) is 8.11. The molecular formula is C5H9CsO3. The van der Waals surface area contributed by atoms with Crippen molar-refractivity contribution in [2.75, 3.05) is 6.61 Å². The number of aliphatic carboxylic acids is 1. The number of carbonyl (C=O) groups excluding carboxylic acids is 1. The Morgan fingerprint density at radius 1 is 1.44 bits per heavy atom. The number of unbranched alkanes of at least 4 members (excludes halogenated alkanes) is 1. The van der Waals surface area contributed by atoms with Gasteiger partial charge in [-0.25, -0.2) is 0 Å². The zero-order chi connectivity index (χ0) is 6.41.